The second kappa shape index (κ2) is 12.7. The minimum absolute atomic E-state index is 0.194. The molecular formula is C35H25F3N2O4. The van der Waals surface area contributed by atoms with Crippen molar-refractivity contribution >= 4 is 29.7 Å². The van der Waals surface area contributed by atoms with Gasteiger partial charge in [-0.2, -0.15) is 13.2 Å². The standard InChI is InChI=1S/C35H25F3N2O4/c36-35(37,38)27-18-16-25(17-19-27)30-9-3-4-11-32(30)40(22-41)28-7-5-6-26(20-28)33(42)39-21-23-12-14-24(15-13-23)29-8-1-2-10-31(29)34(43)44/h1-20,22H,21H2,(H,39,42)(H,43,44). The van der Waals surface area contributed by atoms with Gasteiger partial charge in [-0.25, -0.2) is 4.79 Å². The largest absolute Gasteiger partial charge is 0.478 e. The molecule has 44 heavy (non-hydrogen) atoms. The van der Waals surface area contributed by atoms with E-state index in [1.165, 1.54) is 17.0 Å². The first kappa shape index (κ1) is 29.8. The Morgan fingerprint density at radius 1 is 0.750 bits per heavy atom. The summed E-state index contributed by atoms with van der Waals surface area (Å²) in [6.07, 6.45) is -3.88. The number of carbonyl (C=O) groups is 3. The number of nitrogens with zero attached hydrogens (tertiary/aromatic N) is 1. The van der Waals surface area contributed by atoms with Crippen LogP contribution < -0.4 is 10.2 Å². The number of alkyl halides is 3. The first-order valence-corrected chi connectivity index (χ1v) is 13.5. The number of nitrogens with one attached hydrogen (secondary N) is 1. The summed E-state index contributed by atoms with van der Waals surface area (Å²) in [6, 6.07) is 31.8. The Balaban J connectivity index is 1.32. The highest BCUT2D eigenvalue weighted by atomic mass is 19.4. The van der Waals surface area contributed by atoms with Crippen LogP contribution in [-0.4, -0.2) is 23.4 Å². The fourth-order valence-electron chi connectivity index (χ4n) is 4.83. The predicted octanol–water partition coefficient (Wildman–Crippen LogP) is 7.96. The van der Waals surface area contributed by atoms with Gasteiger partial charge in [0.05, 0.1) is 16.8 Å². The molecule has 0 aliphatic rings. The average Bonchev–Trinajstić information content (AvgIpc) is 3.04. The lowest BCUT2D eigenvalue weighted by atomic mass is 9.99. The molecule has 0 radical (unpaired) electrons. The van der Waals surface area contributed by atoms with Gasteiger partial charge >= 0.3 is 12.1 Å². The summed E-state index contributed by atoms with van der Waals surface area (Å²) in [5.74, 6) is -1.40. The van der Waals surface area contributed by atoms with Crippen molar-refractivity contribution in [1.82, 2.24) is 5.32 Å². The monoisotopic (exact) mass is 594 g/mol. The number of benzene rings is 5. The molecule has 0 saturated carbocycles. The Hall–Kier alpha value is -5.70. The summed E-state index contributed by atoms with van der Waals surface area (Å²) in [7, 11) is 0. The number of carbonyl (C=O) groups excluding carboxylic acids is 2. The molecule has 220 valence electrons. The molecule has 0 unspecified atom stereocenters. The quantitative estimate of drug-likeness (QED) is 0.170. The van der Waals surface area contributed by atoms with E-state index in [0.717, 1.165) is 23.3 Å². The molecule has 0 aromatic heterocycles. The number of hydrogen-bond donors (Lipinski definition) is 2. The number of carboxylic acids is 1. The van der Waals surface area contributed by atoms with Gasteiger partial charge in [0.1, 0.15) is 0 Å². The Kier molecular flexibility index (Phi) is 8.57. The Labute approximate surface area is 251 Å². The van der Waals surface area contributed by atoms with Crippen molar-refractivity contribution in [2.75, 3.05) is 4.90 Å². The first-order chi connectivity index (χ1) is 21.2. The third-order valence-corrected chi connectivity index (χ3v) is 7.05. The normalized spacial score (nSPS) is 11.1. The van der Waals surface area contributed by atoms with E-state index in [1.807, 2.05) is 0 Å². The second-order valence-electron chi connectivity index (χ2n) is 9.85. The van der Waals surface area contributed by atoms with Crippen LogP contribution in [0, 0.1) is 0 Å². The third-order valence-electron chi connectivity index (χ3n) is 7.05. The molecule has 0 spiro atoms. The molecule has 5 aromatic rings. The molecule has 0 aliphatic carbocycles. The number of aromatic carboxylic acids is 1. The fraction of sp³-hybridized carbons (Fsp3) is 0.0571. The number of para-hydroxylation sites is 1. The van der Waals surface area contributed by atoms with Crippen LogP contribution in [-0.2, 0) is 17.5 Å². The SMILES string of the molecule is O=CN(c1cccc(C(=O)NCc2ccc(-c3ccccc3C(=O)O)cc2)c1)c1ccccc1-c1ccc(C(F)(F)F)cc1. The van der Waals surface area contributed by atoms with E-state index in [4.69, 9.17) is 0 Å². The lowest BCUT2D eigenvalue weighted by Crippen LogP contribution is -2.23. The number of halogens is 3. The van der Waals surface area contributed by atoms with Crippen LogP contribution in [0.15, 0.2) is 121 Å². The van der Waals surface area contributed by atoms with E-state index < -0.39 is 17.7 Å². The maximum Gasteiger partial charge on any atom is 0.416 e. The van der Waals surface area contributed by atoms with E-state index in [0.29, 0.717) is 40.0 Å². The van der Waals surface area contributed by atoms with Gasteiger partial charge in [-0.05, 0) is 64.7 Å². The second-order valence-corrected chi connectivity index (χ2v) is 9.85. The number of hydrogen-bond acceptors (Lipinski definition) is 3. The number of rotatable bonds is 9. The molecule has 2 amide bonds. The molecule has 5 rings (SSSR count). The summed E-state index contributed by atoms with van der Waals surface area (Å²) < 4.78 is 39.2. The third kappa shape index (κ3) is 6.52. The van der Waals surface area contributed by atoms with E-state index in [1.54, 1.807) is 97.1 Å². The van der Waals surface area contributed by atoms with Crippen LogP contribution >= 0.6 is 0 Å². The van der Waals surface area contributed by atoms with Crippen LogP contribution in [0.2, 0.25) is 0 Å². The molecule has 0 bridgehead atoms. The Bertz CT molecular complexity index is 1820. The van der Waals surface area contributed by atoms with Crippen molar-refractivity contribution in [2.24, 2.45) is 0 Å². The minimum atomic E-state index is -4.47. The zero-order valence-corrected chi connectivity index (χ0v) is 23.1. The van der Waals surface area contributed by atoms with Crippen molar-refractivity contribution in [3.05, 3.63) is 144 Å². The maximum absolute atomic E-state index is 13.1. The summed E-state index contributed by atoms with van der Waals surface area (Å²) >= 11 is 0. The molecular weight excluding hydrogens is 569 g/mol. The zero-order valence-electron chi connectivity index (χ0n) is 23.1. The van der Waals surface area contributed by atoms with E-state index in [-0.39, 0.29) is 18.0 Å². The predicted molar refractivity (Wildman–Crippen MR) is 162 cm³/mol. The fourth-order valence-corrected chi connectivity index (χ4v) is 4.83. The van der Waals surface area contributed by atoms with E-state index in [9.17, 15) is 32.7 Å². The number of amides is 2. The van der Waals surface area contributed by atoms with Crippen LogP contribution in [0.3, 0.4) is 0 Å². The molecule has 6 nitrogen and oxygen atoms in total. The highest BCUT2D eigenvalue weighted by Gasteiger charge is 2.30. The molecule has 0 fully saturated rings. The molecule has 0 atom stereocenters. The minimum Gasteiger partial charge on any atom is -0.478 e. The van der Waals surface area contributed by atoms with Crippen molar-refractivity contribution in [3.8, 4) is 22.3 Å². The van der Waals surface area contributed by atoms with E-state index in [2.05, 4.69) is 5.32 Å². The van der Waals surface area contributed by atoms with Gasteiger partial charge in [0, 0.05) is 23.4 Å². The first-order valence-electron chi connectivity index (χ1n) is 13.5. The van der Waals surface area contributed by atoms with Gasteiger partial charge < -0.3 is 10.4 Å². The molecule has 0 saturated heterocycles. The van der Waals surface area contributed by atoms with Crippen molar-refractivity contribution in [1.29, 1.82) is 0 Å². The lowest BCUT2D eigenvalue weighted by Gasteiger charge is -2.22. The van der Waals surface area contributed by atoms with Gasteiger partial charge in [-0.3, -0.25) is 14.5 Å². The van der Waals surface area contributed by atoms with Crippen LogP contribution in [0.4, 0.5) is 24.5 Å². The smallest absolute Gasteiger partial charge is 0.416 e. The molecule has 5 aromatic carbocycles. The van der Waals surface area contributed by atoms with Gasteiger partial charge in [0.25, 0.3) is 5.91 Å². The highest BCUT2D eigenvalue weighted by Crippen LogP contribution is 2.36. The Morgan fingerprint density at radius 3 is 2.02 bits per heavy atom. The van der Waals surface area contributed by atoms with E-state index >= 15 is 0 Å². The molecule has 2 N–H and O–H groups in total. The summed E-state index contributed by atoms with van der Waals surface area (Å²) in [5.41, 5.74) is 3.70. The average molecular weight is 595 g/mol. The van der Waals surface area contributed by atoms with Crippen molar-refractivity contribution < 1.29 is 32.7 Å². The number of carboxylic acid groups (broad SMARTS) is 1. The van der Waals surface area contributed by atoms with Crippen molar-refractivity contribution in [3.63, 3.8) is 0 Å². The Morgan fingerprint density at radius 2 is 1.36 bits per heavy atom. The summed E-state index contributed by atoms with van der Waals surface area (Å²) in [4.78, 5) is 38.2. The van der Waals surface area contributed by atoms with Crippen LogP contribution in [0.1, 0.15) is 31.8 Å². The topological polar surface area (TPSA) is 86.7 Å². The molecule has 0 aliphatic heterocycles. The van der Waals surface area contributed by atoms with Gasteiger partial charge in [-0.15, -0.1) is 0 Å². The summed E-state index contributed by atoms with van der Waals surface area (Å²) in [5, 5.41) is 12.3. The molecule has 0 heterocycles. The van der Waals surface area contributed by atoms with Crippen LogP contribution in [0.5, 0.6) is 0 Å². The molecule has 9 heteroatoms. The lowest BCUT2D eigenvalue weighted by molar-refractivity contribution is -0.137. The van der Waals surface area contributed by atoms with Gasteiger partial charge in [0.2, 0.25) is 6.41 Å². The van der Waals surface area contributed by atoms with Crippen LogP contribution in [0.25, 0.3) is 22.3 Å². The summed E-state index contributed by atoms with van der Waals surface area (Å²) in [6.45, 7) is 0.206. The van der Waals surface area contributed by atoms with Crippen molar-refractivity contribution in [2.45, 2.75) is 12.7 Å². The maximum atomic E-state index is 13.1. The number of anilines is 2. The van der Waals surface area contributed by atoms with Gasteiger partial charge in [-0.1, -0.05) is 78.9 Å². The zero-order chi connectivity index (χ0) is 31.3. The highest BCUT2D eigenvalue weighted by molar-refractivity contribution is 5.99. The van der Waals surface area contributed by atoms with Gasteiger partial charge in [0.15, 0.2) is 0 Å².